The first kappa shape index (κ1) is 15.1. The summed E-state index contributed by atoms with van der Waals surface area (Å²) in [7, 11) is 1.41. The van der Waals surface area contributed by atoms with Crippen LogP contribution in [0.15, 0.2) is 54.6 Å². The summed E-state index contributed by atoms with van der Waals surface area (Å²) in [6.45, 7) is 3.86. The lowest BCUT2D eigenvalue weighted by Crippen LogP contribution is -2.03. The SMILES string of the molecule is COC(=O)c1c(C)[nH]c(C)c1-c1ccc(-c2ccccc2)cc1. The molecular weight excluding hydrogens is 286 g/mol. The summed E-state index contributed by atoms with van der Waals surface area (Å²) in [6.07, 6.45) is 0. The number of methoxy groups -OCH3 is 1. The quantitative estimate of drug-likeness (QED) is 0.709. The molecule has 0 aliphatic heterocycles. The third-order valence-electron chi connectivity index (χ3n) is 4.05. The number of aromatic amines is 1. The second-order valence-electron chi connectivity index (χ2n) is 5.56. The van der Waals surface area contributed by atoms with E-state index in [9.17, 15) is 4.79 Å². The van der Waals surface area contributed by atoms with Crippen molar-refractivity contribution in [2.45, 2.75) is 13.8 Å². The Labute approximate surface area is 135 Å². The second kappa shape index (κ2) is 6.13. The van der Waals surface area contributed by atoms with E-state index in [4.69, 9.17) is 4.74 Å². The second-order valence-corrected chi connectivity index (χ2v) is 5.56. The number of carbonyl (C=O) groups is 1. The molecule has 2 aromatic carbocycles. The van der Waals surface area contributed by atoms with Gasteiger partial charge >= 0.3 is 5.97 Å². The molecule has 3 heteroatoms. The third-order valence-corrected chi connectivity index (χ3v) is 4.05. The van der Waals surface area contributed by atoms with Crippen molar-refractivity contribution < 1.29 is 9.53 Å². The topological polar surface area (TPSA) is 42.1 Å². The molecule has 0 amide bonds. The van der Waals surface area contributed by atoms with E-state index in [1.807, 2.05) is 44.2 Å². The Balaban J connectivity index is 2.05. The lowest BCUT2D eigenvalue weighted by Gasteiger charge is -2.07. The predicted octanol–water partition coefficient (Wildman–Crippen LogP) is 4.75. The zero-order chi connectivity index (χ0) is 16.4. The fourth-order valence-electron chi connectivity index (χ4n) is 2.96. The Hall–Kier alpha value is -2.81. The van der Waals surface area contributed by atoms with Crippen LogP contribution in [0.25, 0.3) is 22.3 Å². The molecule has 3 nitrogen and oxygen atoms in total. The van der Waals surface area contributed by atoms with Crippen molar-refractivity contribution in [3.63, 3.8) is 0 Å². The summed E-state index contributed by atoms with van der Waals surface area (Å²) in [5.41, 5.74) is 6.65. The zero-order valence-electron chi connectivity index (χ0n) is 13.5. The molecule has 0 fully saturated rings. The number of nitrogens with one attached hydrogen (secondary N) is 1. The number of rotatable bonds is 3. The highest BCUT2D eigenvalue weighted by Gasteiger charge is 2.20. The van der Waals surface area contributed by atoms with E-state index in [2.05, 4.69) is 29.2 Å². The molecule has 0 bridgehead atoms. The summed E-state index contributed by atoms with van der Waals surface area (Å²) >= 11 is 0. The van der Waals surface area contributed by atoms with Crippen LogP contribution in [0.1, 0.15) is 21.7 Å². The number of hydrogen-bond acceptors (Lipinski definition) is 2. The van der Waals surface area contributed by atoms with Crippen molar-refractivity contribution >= 4 is 5.97 Å². The molecule has 3 aromatic rings. The molecular formula is C20H19NO2. The van der Waals surface area contributed by atoms with Gasteiger partial charge in [-0.2, -0.15) is 0 Å². The van der Waals surface area contributed by atoms with Gasteiger partial charge in [0.25, 0.3) is 0 Å². The molecule has 3 rings (SSSR count). The first-order chi connectivity index (χ1) is 11.1. The van der Waals surface area contributed by atoms with Gasteiger partial charge in [-0.3, -0.25) is 0 Å². The van der Waals surface area contributed by atoms with Gasteiger partial charge in [-0.05, 0) is 30.5 Å². The van der Waals surface area contributed by atoms with E-state index in [0.29, 0.717) is 5.56 Å². The van der Waals surface area contributed by atoms with Crippen LogP contribution in [-0.2, 0) is 4.74 Å². The predicted molar refractivity (Wildman–Crippen MR) is 92.5 cm³/mol. The summed E-state index contributed by atoms with van der Waals surface area (Å²) in [5.74, 6) is -0.311. The van der Waals surface area contributed by atoms with Crippen LogP contribution in [0, 0.1) is 13.8 Å². The van der Waals surface area contributed by atoms with Crippen LogP contribution in [0.3, 0.4) is 0 Å². The van der Waals surface area contributed by atoms with E-state index in [1.54, 1.807) is 0 Å². The Morgan fingerprint density at radius 1 is 0.826 bits per heavy atom. The normalized spacial score (nSPS) is 10.6. The summed E-state index contributed by atoms with van der Waals surface area (Å²) in [6, 6.07) is 18.5. The fraction of sp³-hybridized carbons (Fsp3) is 0.150. The molecule has 116 valence electrons. The lowest BCUT2D eigenvalue weighted by atomic mass is 9.97. The highest BCUT2D eigenvalue weighted by Crippen LogP contribution is 2.32. The molecule has 0 aliphatic rings. The van der Waals surface area contributed by atoms with Gasteiger partial charge in [-0.15, -0.1) is 0 Å². The molecule has 0 atom stereocenters. The maximum atomic E-state index is 12.1. The zero-order valence-corrected chi connectivity index (χ0v) is 13.5. The van der Waals surface area contributed by atoms with Crippen molar-refractivity contribution in [1.82, 2.24) is 4.98 Å². The number of benzene rings is 2. The molecule has 1 N–H and O–H groups in total. The van der Waals surface area contributed by atoms with Gasteiger partial charge in [0.15, 0.2) is 0 Å². The number of esters is 1. The molecule has 0 unspecified atom stereocenters. The van der Waals surface area contributed by atoms with Gasteiger partial charge in [-0.25, -0.2) is 4.79 Å². The van der Waals surface area contributed by atoms with Gasteiger partial charge in [0, 0.05) is 17.0 Å². The Kier molecular flexibility index (Phi) is 4.02. The molecule has 0 radical (unpaired) electrons. The third kappa shape index (κ3) is 2.78. The van der Waals surface area contributed by atoms with E-state index in [-0.39, 0.29) is 5.97 Å². The number of carbonyl (C=O) groups excluding carboxylic acids is 1. The largest absolute Gasteiger partial charge is 0.465 e. The Morgan fingerprint density at radius 3 is 2.00 bits per heavy atom. The van der Waals surface area contributed by atoms with Gasteiger partial charge < -0.3 is 9.72 Å². The van der Waals surface area contributed by atoms with Crippen LogP contribution >= 0.6 is 0 Å². The van der Waals surface area contributed by atoms with Crippen LogP contribution in [0.5, 0.6) is 0 Å². The van der Waals surface area contributed by atoms with Gasteiger partial charge in [0.05, 0.1) is 12.7 Å². The Bertz CT molecular complexity index is 830. The minimum absolute atomic E-state index is 0.311. The number of aromatic nitrogens is 1. The number of ether oxygens (including phenoxy) is 1. The van der Waals surface area contributed by atoms with Crippen LogP contribution in [0.2, 0.25) is 0 Å². The molecule has 0 saturated carbocycles. The van der Waals surface area contributed by atoms with Crippen molar-refractivity contribution in [2.75, 3.05) is 7.11 Å². The van der Waals surface area contributed by atoms with Crippen LogP contribution in [-0.4, -0.2) is 18.1 Å². The molecule has 1 aromatic heterocycles. The van der Waals surface area contributed by atoms with E-state index < -0.39 is 0 Å². The molecule has 0 spiro atoms. The van der Waals surface area contributed by atoms with E-state index in [1.165, 1.54) is 12.7 Å². The van der Waals surface area contributed by atoms with Crippen molar-refractivity contribution in [3.8, 4) is 22.3 Å². The van der Waals surface area contributed by atoms with Crippen molar-refractivity contribution in [2.24, 2.45) is 0 Å². The standard InChI is InChI=1S/C20H19NO2/c1-13-18(19(14(2)21-13)20(22)23-3)17-11-9-16(10-12-17)15-7-5-4-6-8-15/h4-12,21H,1-3H3. The average Bonchev–Trinajstić information content (AvgIpc) is 2.89. The van der Waals surface area contributed by atoms with Crippen molar-refractivity contribution in [3.05, 3.63) is 71.5 Å². The minimum Gasteiger partial charge on any atom is -0.465 e. The highest BCUT2D eigenvalue weighted by atomic mass is 16.5. The number of hydrogen-bond donors (Lipinski definition) is 1. The number of H-pyrrole nitrogens is 1. The smallest absolute Gasteiger partial charge is 0.340 e. The summed E-state index contributed by atoms with van der Waals surface area (Å²) in [5, 5.41) is 0. The number of aryl methyl sites for hydroxylation is 2. The maximum Gasteiger partial charge on any atom is 0.340 e. The molecule has 0 saturated heterocycles. The lowest BCUT2D eigenvalue weighted by molar-refractivity contribution is 0.0601. The molecule has 1 heterocycles. The Morgan fingerprint density at radius 2 is 1.39 bits per heavy atom. The summed E-state index contributed by atoms with van der Waals surface area (Å²) in [4.78, 5) is 15.3. The maximum absolute atomic E-state index is 12.1. The van der Waals surface area contributed by atoms with Crippen molar-refractivity contribution in [1.29, 1.82) is 0 Å². The first-order valence-electron chi connectivity index (χ1n) is 7.55. The average molecular weight is 305 g/mol. The van der Waals surface area contributed by atoms with Gasteiger partial charge in [-0.1, -0.05) is 54.6 Å². The van der Waals surface area contributed by atoms with Gasteiger partial charge in [0.2, 0.25) is 0 Å². The summed E-state index contributed by atoms with van der Waals surface area (Å²) < 4.78 is 4.93. The monoisotopic (exact) mass is 305 g/mol. The van der Waals surface area contributed by atoms with Gasteiger partial charge in [0.1, 0.15) is 0 Å². The highest BCUT2D eigenvalue weighted by molar-refractivity contribution is 5.99. The minimum atomic E-state index is -0.311. The molecule has 0 aliphatic carbocycles. The molecule has 23 heavy (non-hydrogen) atoms. The van der Waals surface area contributed by atoms with E-state index in [0.717, 1.165) is 28.1 Å². The van der Waals surface area contributed by atoms with Crippen LogP contribution in [0.4, 0.5) is 0 Å². The van der Waals surface area contributed by atoms with Crippen LogP contribution < -0.4 is 0 Å². The van der Waals surface area contributed by atoms with E-state index >= 15 is 0 Å². The first-order valence-corrected chi connectivity index (χ1v) is 7.55. The fourth-order valence-corrected chi connectivity index (χ4v) is 2.96.